The van der Waals surface area contributed by atoms with E-state index in [4.69, 9.17) is 10.3 Å². The fourth-order valence-corrected chi connectivity index (χ4v) is 2.88. The molecule has 2 aromatic rings. The Morgan fingerprint density at radius 3 is 2.71 bits per heavy atom. The second kappa shape index (κ2) is 7.32. The molecule has 0 radical (unpaired) electrons. The number of rotatable bonds is 4. The van der Waals surface area contributed by atoms with E-state index >= 15 is 0 Å². The highest BCUT2D eigenvalue weighted by molar-refractivity contribution is 5.99. The minimum atomic E-state index is -0.748. The number of hydrogen-bond acceptors (Lipinski definition) is 5. The monoisotopic (exact) mass is 350 g/mol. The van der Waals surface area contributed by atoms with Crippen LogP contribution in [-0.2, 0) is 11.2 Å². The number of amides is 1. The lowest BCUT2D eigenvalue weighted by Crippen LogP contribution is -2.48. The maximum Gasteiger partial charge on any atom is 0.257 e. The molecule has 24 heavy (non-hydrogen) atoms. The first kappa shape index (κ1) is 18.4. The summed E-state index contributed by atoms with van der Waals surface area (Å²) >= 11 is 0. The van der Waals surface area contributed by atoms with Gasteiger partial charge in [-0.15, -0.1) is 12.4 Å². The SMILES string of the molecule is CCc1noc(-c2ccc(C)c(NC(=O)C3(N)CCCC3)c2)n1.Cl. The molecule has 1 saturated carbocycles. The van der Waals surface area contributed by atoms with Crippen molar-refractivity contribution in [3.8, 4) is 11.5 Å². The van der Waals surface area contributed by atoms with Crippen LogP contribution >= 0.6 is 12.4 Å². The average Bonchev–Trinajstić information content (AvgIpc) is 3.19. The van der Waals surface area contributed by atoms with Gasteiger partial charge in [0.25, 0.3) is 5.89 Å². The molecule has 1 aromatic carbocycles. The summed E-state index contributed by atoms with van der Waals surface area (Å²) in [6.45, 7) is 3.92. The molecule has 0 spiro atoms. The zero-order valence-electron chi connectivity index (χ0n) is 14.0. The normalized spacial score (nSPS) is 15.8. The quantitative estimate of drug-likeness (QED) is 0.882. The highest BCUT2D eigenvalue weighted by Gasteiger charge is 2.37. The number of anilines is 1. The zero-order valence-corrected chi connectivity index (χ0v) is 14.8. The standard InChI is InChI=1S/C17H22N4O2.ClH/c1-3-14-20-15(23-21-14)12-7-6-11(2)13(10-12)19-16(22)17(18)8-4-5-9-17;/h6-7,10H,3-5,8-9,18H2,1-2H3,(H,19,22);1H. The first-order valence-electron chi connectivity index (χ1n) is 8.06. The molecule has 1 heterocycles. The van der Waals surface area contributed by atoms with Gasteiger partial charge in [-0.2, -0.15) is 4.98 Å². The molecule has 0 bridgehead atoms. The molecule has 7 heteroatoms. The van der Waals surface area contributed by atoms with Gasteiger partial charge >= 0.3 is 0 Å². The van der Waals surface area contributed by atoms with E-state index in [1.165, 1.54) is 0 Å². The number of aryl methyl sites for hydroxylation is 2. The molecule has 1 amide bonds. The summed E-state index contributed by atoms with van der Waals surface area (Å²) < 4.78 is 5.26. The van der Waals surface area contributed by atoms with E-state index in [1.54, 1.807) is 0 Å². The number of nitrogens with one attached hydrogen (secondary N) is 1. The maximum absolute atomic E-state index is 12.5. The lowest BCUT2D eigenvalue weighted by atomic mass is 9.97. The van der Waals surface area contributed by atoms with Crippen LogP contribution < -0.4 is 11.1 Å². The summed E-state index contributed by atoms with van der Waals surface area (Å²) in [4.78, 5) is 16.8. The fraction of sp³-hybridized carbons (Fsp3) is 0.471. The van der Waals surface area contributed by atoms with Crippen molar-refractivity contribution in [1.82, 2.24) is 10.1 Å². The Bertz CT molecular complexity index is 723. The third-order valence-corrected chi connectivity index (χ3v) is 4.47. The van der Waals surface area contributed by atoms with Gasteiger partial charge in [-0.3, -0.25) is 4.79 Å². The van der Waals surface area contributed by atoms with Crippen molar-refractivity contribution >= 4 is 24.0 Å². The summed E-state index contributed by atoms with van der Waals surface area (Å²) in [6.07, 6.45) is 4.20. The summed E-state index contributed by atoms with van der Waals surface area (Å²) in [6, 6.07) is 5.70. The summed E-state index contributed by atoms with van der Waals surface area (Å²) in [5.74, 6) is 1.01. The predicted octanol–water partition coefficient (Wildman–Crippen LogP) is 3.24. The van der Waals surface area contributed by atoms with Gasteiger partial charge in [0.1, 0.15) is 0 Å². The largest absolute Gasteiger partial charge is 0.334 e. The van der Waals surface area contributed by atoms with Gasteiger partial charge < -0.3 is 15.6 Å². The van der Waals surface area contributed by atoms with Crippen LogP contribution in [0.5, 0.6) is 0 Å². The van der Waals surface area contributed by atoms with Crippen molar-refractivity contribution in [1.29, 1.82) is 0 Å². The molecule has 1 aliphatic rings. The third kappa shape index (κ3) is 3.60. The fourth-order valence-electron chi connectivity index (χ4n) is 2.88. The Morgan fingerprint density at radius 1 is 1.38 bits per heavy atom. The molecule has 1 fully saturated rings. The van der Waals surface area contributed by atoms with Crippen molar-refractivity contribution in [2.75, 3.05) is 5.32 Å². The highest BCUT2D eigenvalue weighted by atomic mass is 35.5. The second-order valence-electron chi connectivity index (χ2n) is 6.22. The van der Waals surface area contributed by atoms with Gasteiger partial charge in [-0.1, -0.05) is 31.0 Å². The number of halogens is 1. The van der Waals surface area contributed by atoms with Crippen molar-refractivity contribution in [2.45, 2.75) is 51.5 Å². The topological polar surface area (TPSA) is 94.0 Å². The number of nitrogens with two attached hydrogens (primary N) is 1. The van der Waals surface area contributed by atoms with Crippen molar-refractivity contribution in [3.63, 3.8) is 0 Å². The first-order valence-corrected chi connectivity index (χ1v) is 8.06. The van der Waals surface area contributed by atoms with E-state index in [0.717, 1.165) is 42.5 Å². The zero-order chi connectivity index (χ0) is 16.4. The Morgan fingerprint density at radius 2 is 2.08 bits per heavy atom. The van der Waals surface area contributed by atoms with Crippen LogP contribution in [0, 0.1) is 6.92 Å². The Labute approximate surface area is 147 Å². The molecule has 0 saturated heterocycles. The lowest BCUT2D eigenvalue weighted by molar-refractivity contribution is -0.121. The molecule has 3 rings (SSSR count). The second-order valence-corrected chi connectivity index (χ2v) is 6.22. The molecule has 0 atom stereocenters. The van der Waals surface area contributed by atoms with Crippen molar-refractivity contribution < 1.29 is 9.32 Å². The van der Waals surface area contributed by atoms with Gasteiger partial charge in [0.2, 0.25) is 5.91 Å². The van der Waals surface area contributed by atoms with Crippen LogP contribution in [0.25, 0.3) is 11.5 Å². The Kier molecular flexibility index (Phi) is 5.62. The van der Waals surface area contributed by atoms with Crippen LogP contribution in [0.4, 0.5) is 5.69 Å². The van der Waals surface area contributed by atoms with Gasteiger partial charge in [0.05, 0.1) is 5.54 Å². The lowest BCUT2D eigenvalue weighted by Gasteiger charge is -2.23. The van der Waals surface area contributed by atoms with Crippen LogP contribution in [-0.4, -0.2) is 21.6 Å². The molecule has 0 aliphatic heterocycles. The number of benzene rings is 1. The molecular weight excluding hydrogens is 328 g/mol. The van der Waals surface area contributed by atoms with E-state index in [9.17, 15) is 4.79 Å². The molecule has 0 unspecified atom stereocenters. The van der Waals surface area contributed by atoms with Gasteiger partial charge in [-0.05, 0) is 37.5 Å². The van der Waals surface area contributed by atoms with Crippen molar-refractivity contribution in [2.24, 2.45) is 5.73 Å². The van der Waals surface area contributed by atoms with Gasteiger partial charge in [-0.25, -0.2) is 0 Å². The highest BCUT2D eigenvalue weighted by Crippen LogP contribution is 2.30. The number of carbonyl (C=O) groups excluding carboxylic acids is 1. The number of carbonyl (C=O) groups is 1. The molecule has 1 aliphatic carbocycles. The van der Waals surface area contributed by atoms with E-state index < -0.39 is 5.54 Å². The number of nitrogens with zero attached hydrogens (tertiary/aromatic N) is 2. The third-order valence-electron chi connectivity index (χ3n) is 4.47. The van der Waals surface area contributed by atoms with E-state index in [-0.39, 0.29) is 18.3 Å². The van der Waals surface area contributed by atoms with E-state index in [1.807, 2.05) is 32.0 Å². The molecule has 130 valence electrons. The molecular formula is C17H23ClN4O2. The number of hydrogen-bond donors (Lipinski definition) is 2. The Hall–Kier alpha value is -1.92. The minimum absolute atomic E-state index is 0. The Balaban J connectivity index is 0.00000208. The minimum Gasteiger partial charge on any atom is -0.334 e. The summed E-state index contributed by atoms with van der Waals surface area (Å²) in [7, 11) is 0. The van der Waals surface area contributed by atoms with Gasteiger partial charge in [0, 0.05) is 17.7 Å². The van der Waals surface area contributed by atoms with Crippen LogP contribution in [0.3, 0.4) is 0 Å². The molecule has 3 N–H and O–H groups in total. The first-order chi connectivity index (χ1) is 11.0. The van der Waals surface area contributed by atoms with Crippen molar-refractivity contribution in [3.05, 3.63) is 29.6 Å². The van der Waals surface area contributed by atoms with E-state index in [2.05, 4.69) is 15.5 Å². The van der Waals surface area contributed by atoms with Crippen LogP contribution in [0.2, 0.25) is 0 Å². The molecule has 1 aromatic heterocycles. The summed E-state index contributed by atoms with van der Waals surface area (Å²) in [5, 5.41) is 6.87. The van der Waals surface area contributed by atoms with Gasteiger partial charge in [0.15, 0.2) is 5.82 Å². The maximum atomic E-state index is 12.5. The number of aromatic nitrogens is 2. The average molecular weight is 351 g/mol. The smallest absolute Gasteiger partial charge is 0.257 e. The predicted molar refractivity (Wildman–Crippen MR) is 95.1 cm³/mol. The summed E-state index contributed by atoms with van der Waals surface area (Å²) in [5.41, 5.74) is 7.97. The molecule has 6 nitrogen and oxygen atoms in total. The van der Waals surface area contributed by atoms with Crippen LogP contribution in [0.1, 0.15) is 44.0 Å². The van der Waals surface area contributed by atoms with Crippen LogP contribution in [0.15, 0.2) is 22.7 Å². The van der Waals surface area contributed by atoms with E-state index in [0.29, 0.717) is 18.1 Å².